The zero-order chi connectivity index (χ0) is 2.00. The molecule has 0 aliphatic carbocycles. The molecule has 0 aromatic rings. The second kappa shape index (κ2) is 36.4. The first kappa shape index (κ1) is 20.1. The van der Waals surface area contributed by atoms with E-state index in [0.29, 0.717) is 0 Å². The van der Waals surface area contributed by atoms with Gasteiger partial charge in [0.25, 0.3) is 0 Å². The SMILES string of the molecule is [CH-]=C.[I-].[Mn+2]. The molecular formula is C2H3IMn. The first-order valence-electron chi connectivity index (χ1n) is 0.408. The van der Waals surface area contributed by atoms with Crippen molar-refractivity contribution >= 4 is 0 Å². The summed E-state index contributed by atoms with van der Waals surface area (Å²) in [4.78, 5) is 0. The summed E-state index contributed by atoms with van der Waals surface area (Å²) in [5.74, 6) is 0. The topological polar surface area (TPSA) is 0 Å². The van der Waals surface area contributed by atoms with Gasteiger partial charge in [-0.15, -0.1) is 0 Å². The smallest absolute Gasteiger partial charge is 1.00 e. The molecule has 0 aliphatic heterocycles. The summed E-state index contributed by atoms with van der Waals surface area (Å²) in [6, 6.07) is 0. The Kier molecular flexibility index (Phi) is 183. The van der Waals surface area contributed by atoms with Gasteiger partial charge in [0.2, 0.25) is 0 Å². The van der Waals surface area contributed by atoms with Crippen LogP contribution in [0.3, 0.4) is 0 Å². The van der Waals surface area contributed by atoms with Gasteiger partial charge in [-0.3, -0.25) is 6.58 Å². The van der Waals surface area contributed by atoms with E-state index in [1.807, 2.05) is 0 Å². The Balaban J connectivity index is -0.00000000500. The standard InChI is InChI=1S/C2H3.HI.Mn/c1-2;;/h1H,2H2;1H;/q-1;;+2/p-1. The first-order valence-corrected chi connectivity index (χ1v) is 0.408. The van der Waals surface area contributed by atoms with Crippen LogP contribution in [0.4, 0.5) is 0 Å². The van der Waals surface area contributed by atoms with Crippen molar-refractivity contribution in [1.29, 1.82) is 0 Å². The van der Waals surface area contributed by atoms with Gasteiger partial charge in [0.05, 0.1) is 0 Å². The molecular weight excluding hydrogens is 206 g/mol. The molecule has 0 amide bonds. The van der Waals surface area contributed by atoms with E-state index in [1.165, 1.54) is 0 Å². The first-order chi connectivity index (χ1) is 1.00. The van der Waals surface area contributed by atoms with Crippen LogP contribution in [-0.4, -0.2) is 0 Å². The van der Waals surface area contributed by atoms with Gasteiger partial charge in [-0.25, -0.2) is 0 Å². The summed E-state index contributed by atoms with van der Waals surface area (Å²) in [6.07, 6.45) is 0. The van der Waals surface area contributed by atoms with Crippen molar-refractivity contribution in [3.05, 3.63) is 13.2 Å². The third-order valence-corrected chi connectivity index (χ3v) is 0. The van der Waals surface area contributed by atoms with Crippen molar-refractivity contribution < 1.29 is 41.0 Å². The maximum absolute atomic E-state index is 4.25. The van der Waals surface area contributed by atoms with E-state index in [-0.39, 0.29) is 41.0 Å². The molecule has 0 atom stereocenters. The summed E-state index contributed by atoms with van der Waals surface area (Å²) in [7, 11) is 0. The number of hydrogen-bond acceptors (Lipinski definition) is 0. The fourth-order valence-electron chi connectivity index (χ4n) is 0. The van der Waals surface area contributed by atoms with E-state index in [0.717, 1.165) is 0 Å². The molecule has 4 heavy (non-hydrogen) atoms. The molecule has 0 saturated heterocycles. The Hall–Kier alpha value is 0.989. The quantitative estimate of drug-likeness (QED) is 0.237. The molecule has 0 unspecified atom stereocenters. The van der Waals surface area contributed by atoms with Crippen LogP contribution in [0, 0.1) is 6.58 Å². The average Bonchev–Trinajstić information content (AvgIpc) is 1.00. The van der Waals surface area contributed by atoms with Crippen LogP contribution in [0.15, 0.2) is 6.58 Å². The number of halogens is 1. The molecule has 0 heterocycles. The molecule has 0 aromatic heterocycles. The summed E-state index contributed by atoms with van der Waals surface area (Å²) < 4.78 is 0. The molecule has 0 spiro atoms. The predicted molar refractivity (Wildman–Crippen MR) is 9.93 cm³/mol. The molecule has 0 N–H and O–H groups in total. The molecule has 0 fully saturated rings. The Morgan fingerprint density at radius 3 is 1.25 bits per heavy atom. The zero-order valence-electron chi connectivity index (χ0n) is 2.04. The van der Waals surface area contributed by atoms with Crippen LogP contribution >= 0.6 is 0 Å². The van der Waals surface area contributed by atoms with E-state index < -0.39 is 0 Å². The molecule has 0 rings (SSSR count). The number of hydrogen-bond donors (Lipinski definition) is 0. The predicted octanol–water partition coefficient (Wildman–Crippen LogP) is -2.39. The molecule has 25 valence electrons. The Bertz CT molecular complexity index is 6.00. The van der Waals surface area contributed by atoms with Crippen LogP contribution < -0.4 is 24.0 Å². The van der Waals surface area contributed by atoms with Crippen molar-refractivity contribution in [3.8, 4) is 0 Å². The second-order valence-electron chi connectivity index (χ2n) is 0. The van der Waals surface area contributed by atoms with E-state index in [2.05, 4.69) is 13.2 Å². The molecule has 1 radical (unpaired) electrons. The Labute approximate surface area is 54.2 Å². The van der Waals surface area contributed by atoms with Gasteiger partial charge in [0, 0.05) is 0 Å². The third-order valence-electron chi connectivity index (χ3n) is 0. The van der Waals surface area contributed by atoms with Gasteiger partial charge in [-0.1, -0.05) is 0 Å². The molecule has 0 aromatic carbocycles. The summed E-state index contributed by atoms with van der Waals surface area (Å²) in [6.45, 7) is 7.00. The van der Waals surface area contributed by atoms with Crippen molar-refractivity contribution in [1.82, 2.24) is 0 Å². The van der Waals surface area contributed by atoms with E-state index >= 15 is 0 Å². The second-order valence-corrected chi connectivity index (χ2v) is 0. The molecule has 0 aliphatic rings. The zero-order valence-corrected chi connectivity index (χ0v) is 5.38. The molecule has 0 saturated carbocycles. The maximum Gasteiger partial charge on any atom is 2.00 e. The van der Waals surface area contributed by atoms with Crippen LogP contribution in [0.2, 0.25) is 0 Å². The van der Waals surface area contributed by atoms with E-state index in [1.54, 1.807) is 0 Å². The van der Waals surface area contributed by atoms with Gasteiger partial charge in [0.1, 0.15) is 0 Å². The molecule has 0 nitrogen and oxygen atoms in total. The van der Waals surface area contributed by atoms with Crippen molar-refractivity contribution in [2.45, 2.75) is 0 Å². The largest absolute Gasteiger partial charge is 2.00 e. The van der Waals surface area contributed by atoms with Crippen LogP contribution in [0.25, 0.3) is 0 Å². The van der Waals surface area contributed by atoms with Crippen LogP contribution in [-0.2, 0) is 17.1 Å². The maximum atomic E-state index is 4.25. The minimum atomic E-state index is 0. The monoisotopic (exact) mass is 209 g/mol. The van der Waals surface area contributed by atoms with Gasteiger partial charge in [-0.2, -0.15) is 0 Å². The van der Waals surface area contributed by atoms with E-state index in [9.17, 15) is 0 Å². The third kappa shape index (κ3) is 12.1. The van der Waals surface area contributed by atoms with E-state index in [4.69, 9.17) is 0 Å². The van der Waals surface area contributed by atoms with Gasteiger partial charge in [0.15, 0.2) is 0 Å². The summed E-state index contributed by atoms with van der Waals surface area (Å²) in [5, 5.41) is 0. The van der Waals surface area contributed by atoms with Crippen molar-refractivity contribution in [2.75, 3.05) is 0 Å². The minimum absolute atomic E-state index is 0. The molecule has 2 heteroatoms. The summed E-state index contributed by atoms with van der Waals surface area (Å²) >= 11 is 0. The van der Waals surface area contributed by atoms with Crippen molar-refractivity contribution in [2.24, 2.45) is 0 Å². The summed E-state index contributed by atoms with van der Waals surface area (Å²) in [5.41, 5.74) is 0. The van der Waals surface area contributed by atoms with Crippen LogP contribution in [0.1, 0.15) is 0 Å². The van der Waals surface area contributed by atoms with Crippen molar-refractivity contribution in [3.63, 3.8) is 0 Å². The number of rotatable bonds is 0. The van der Waals surface area contributed by atoms with Gasteiger partial charge in [-0.05, 0) is 0 Å². The fourth-order valence-corrected chi connectivity index (χ4v) is 0. The fraction of sp³-hybridized carbons (Fsp3) is 0. The Morgan fingerprint density at radius 1 is 1.25 bits per heavy atom. The average molecular weight is 209 g/mol. The van der Waals surface area contributed by atoms with Gasteiger partial charge < -0.3 is 30.6 Å². The normalized spacial score (nSPS) is 1.00. The molecule has 0 bridgehead atoms. The Morgan fingerprint density at radius 2 is 1.25 bits per heavy atom. The minimum Gasteiger partial charge on any atom is -1.00 e. The van der Waals surface area contributed by atoms with Crippen LogP contribution in [0.5, 0.6) is 0 Å². The van der Waals surface area contributed by atoms with Gasteiger partial charge >= 0.3 is 17.1 Å².